The summed E-state index contributed by atoms with van der Waals surface area (Å²) in [6, 6.07) is 4.32. The van der Waals surface area contributed by atoms with Crippen LogP contribution in [-0.2, 0) is 11.2 Å². The third-order valence-corrected chi connectivity index (χ3v) is 2.85. The second kappa shape index (κ2) is 5.29. The fourth-order valence-corrected chi connectivity index (χ4v) is 2.21. The smallest absolute Gasteiger partial charge is 0.137 e. The summed E-state index contributed by atoms with van der Waals surface area (Å²) in [5.74, 6) is 0.809. The Morgan fingerprint density at radius 2 is 1.62 bits per heavy atom. The van der Waals surface area contributed by atoms with Gasteiger partial charge in [-0.2, -0.15) is 0 Å². The van der Waals surface area contributed by atoms with E-state index >= 15 is 0 Å². The van der Waals surface area contributed by atoms with Crippen LogP contribution in [0.4, 0.5) is 0 Å². The molecule has 0 spiro atoms. The van der Waals surface area contributed by atoms with E-state index in [1.165, 1.54) is 22.3 Å². The molecule has 0 bridgehead atoms. The number of carbonyl (C=O) groups is 1. The molecule has 1 nitrogen and oxygen atoms in total. The quantitative estimate of drug-likeness (QED) is 0.752. The molecule has 0 saturated carbocycles. The molecule has 1 aromatic carbocycles. The molecule has 0 unspecified atom stereocenters. The predicted octanol–water partition coefficient (Wildman–Crippen LogP) is 3.77. The van der Waals surface area contributed by atoms with Crippen LogP contribution in [0.15, 0.2) is 12.1 Å². The standard InChI is InChI=1S/C15H22O/c1-10(2)6-14(16)9-15-12(4)7-11(3)8-13(15)5/h7-8,10H,6,9H2,1-5H3. The highest BCUT2D eigenvalue weighted by atomic mass is 16.1. The fraction of sp³-hybridized carbons (Fsp3) is 0.533. The summed E-state index contributed by atoms with van der Waals surface area (Å²) in [4.78, 5) is 11.8. The molecule has 1 heteroatoms. The van der Waals surface area contributed by atoms with Crippen LogP contribution in [0, 0.1) is 26.7 Å². The van der Waals surface area contributed by atoms with Gasteiger partial charge in [0.05, 0.1) is 0 Å². The van der Waals surface area contributed by atoms with Gasteiger partial charge in [-0.05, 0) is 43.4 Å². The van der Waals surface area contributed by atoms with Gasteiger partial charge in [0.25, 0.3) is 0 Å². The van der Waals surface area contributed by atoms with Crippen LogP contribution in [0.25, 0.3) is 0 Å². The van der Waals surface area contributed by atoms with Crippen LogP contribution in [0.2, 0.25) is 0 Å². The molecule has 0 heterocycles. The minimum atomic E-state index is 0.352. The van der Waals surface area contributed by atoms with Gasteiger partial charge in [0.1, 0.15) is 5.78 Å². The first kappa shape index (κ1) is 13.0. The zero-order valence-electron chi connectivity index (χ0n) is 11.1. The zero-order chi connectivity index (χ0) is 12.3. The number of aryl methyl sites for hydroxylation is 3. The highest BCUT2D eigenvalue weighted by molar-refractivity contribution is 5.81. The molecular formula is C15H22O. The maximum Gasteiger partial charge on any atom is 0.137 e. The summed E-state index contributed by atoms with van der Waals surface area (Å²) in [5, 5.41) is 0. The molecule has 0 amide bonds. The first-order chi connectivity index (χ1) is 7.40. The summed E-state index contributed by atoms with van der Waals surface area (Å²) < 4.78 is 0. The number of hydrogen-bond acceptors (Lipinski definition) is 1. The molecule has 16 heavy (non-hydrogen) atoms. The molecule has 0 fully saturated rings. The fourth-order valence-electron chi connectivity index (χ4n) is 2.21. The molecule has 0 aliphatic rings. The molecule has 0 aliphatic carbocycles. The van der Waals surface area contributed by atoms with Crippen LogP contribution in [0.3, 0.4) is 0 Å². The van der Waals surface area contributed by atoms with Crippen LogP contribution in [0.1, 0.15) is 42.5 Å². The Morgan fingerprint density at radius 3 is 2.06 bits per heavy atom. The van der Waals surface area contributed by atoms with Gasteiger partial charge in [-0.3, -0.25) is 4.79 Å². The van der Waals surface area contributed by atoms with Crippen molar-refractivity contribution in [2.24, 2.45) is 5.92 Å². The number of carbonyl (C=O) groups excluding carboxylic acids is 1. The van der Waals surface area contributed by atoms with E-state index in [2.05, 4.69) is 46.8 Å². The Balaban J connectivity index is 2.85. The van der Waals surface area contributed by atoms with E-state index in [1.807, 2.05) is 0 Å². The molecule has 0 N–H and O–H groups in total. The molecule has 1 rings (SSSR count). The molecule has 0 aromatic heterocycles. The third kappa shape index (κ3) is 3.48. The van der Waals surface area contributed by atoms with Gasteiger partial charge in [-0.25, -0.2) is 0 Å². The van der Waals surface area contributed by atoms with Crippen molar-refractivity contribution in [3.63, 3.8) is 0 Å². The van der Waals surface area contributed by atoms with E-state index in [-0.39, 0.29) is 0 Å². The van der Waals surface area contributed by atoms with E-state index in [1.54, 1.807) is 0 Å². The van der Waals surface area contributed by atoms with Crippen molar-refractivity contribution in [3.8, 4) is 0 Å². The number of hydrogen-bond donors (Lipinski definition) is 0. The van der Waals surface area contributed by atoms with Crippen molar-refractivity contribution in [1.82, 2.24) is 0 Å². The lowest BCUT2D eigenvalue weighted by Gasteiger charge is -2.11. The van der Waals surface area contributed by atoms with Gasteiger partial charge in [0, 0.05) is 12.8 Å². The van der Waals surface area contributed by atoms with Crippen molar-refractivity contribution >= 4 is 5.78 Å². The minimum absolute atomic E-state index is 0.352. The number of Topliss-reactive ketones (excluding diaryl/α,β-unsaturated/α-hetero) is 1. The zero-order valence-corrected chi connectivity index (χ0v) is 11.1. The lowest BCUT2D eigenvalue weighted by atomic mass is 9.93. The van der Waals surface area contributed by atoms with Gasteiger partial charge >= 0.3 is 0 Å². The molecule has 0 radical (unpaired) electrons. The topological polar surface area (TPSA) is 17.1 Å². The Hall–Kier alpha value is -1.11. The van der Waals surface area contributed by atoms with Gasteiger partial charge in [0.15, 0.2) is 0 Å². The van der Waals surface area contributed by atoms with Crippen LogP contribution >= 0.6 is 0 Å². The van der Waals surface area contributed by atoms with E-state index < -0.39 is 0 Å². The Bertz CT molecular complexity index is 365. The Labute approximate surface area is 98.9 Å². The van der Waals surface area contributed by atoms with E-state index in [4.69, 9.17) is 0 Å². The minimum Gasteiger partial charge on any atom is -0.299 e. The van der Waals surface area contributed by atoms with E-state index in [0.717, 1.165) is 0 Å². The highest BCUT2D eigenvalue weighted by Crippen LogP contribution is 2.18. The summed E-state index contributed by atoms with van der Waals surface area (Å²) in [6.07, 6.45) is 1.28. The summed E-state index contributed by atoms with van der Waals surface area (Å²) in [5.41, 5.74) is 4.98. The van der Waals surface area contributed by atoms with Crippen molar-refractivity contribution in [1.29, 1.82) is 0 Å². The van der Waals surface area contributed by atoms with Crippen molar-refractivity contribution < 1.29 is 4.79 Å². The van der Waals surface area contributed by atoms with E-state index in [0.29, 0.717) is 24.5 Å². The monoisotopic (exact) mass is 218 g/mol. The maximum atomic E-state index is 11.8. The largest absolute Gasteiger partial charge is 0.299 e. The second-order valence-electron chi connectivity index (χ2n) is 5.19. The van der Waals surface area contributed by atoms with Gasteiger partial charge < -0.3 is 0 Å². The average Bonchev–Trinajstić information content (AvgIpc) is 2.09. The first-order valence-electron chi connectivity index (χ1n) is 5.98. The second-order valence-corrected chi connectivity index (χ2v) is 5.19. The third-order valence-electron chi connectivity index (χ3n) is 2.85. The molecule has 0 atom stereocenters. The molecule has 88 valence electrons. The lowest BCUT2D eigenvalue weighted by Crippen LogP contribution is -2.08. The SMILES string of the molecule is Cc1cc(C)c(CC(=O)CC(C)C)c(C)c1. The summed E-state index contributed by atoms with van der Waals surface area (Å²) in [6.45, 7) is 10.5. The lowest BCUT2D eigenvalue weighted by molar-refractivity contribution is -0.119. The summed E-state index contributed by atoms with van der Waals surface area (Å²) in [7, 11) is 0. The highest BCUT2D eigenvalue weighted by Gasteiger charge is 2.10. The van der Waals surface area contributed by atoms with Gasteiger partial charge in [-0.15, -0.1) is 0 Å². The van der Waals surface area contributed by atoms with Gasteiger partial charge in [-0.1, -0.05) is 31.5 Å². The normalized spacial score (nSPS) is 10.9. The Morgan fingerprint density at radius 1 is 1.12 bits per heavy atom. The Kier molecular flexibility index (Phi) is 4.28. The predicted molar refractivity (Wildman–Crippen MR) is 68.8 cm³/mol. The van der Waals surface area contributed by atoms with Crippen LogP contribution in [-0.4, -0.2) is 5.78 Å². The summed E-state index contributed by atoms with van der Waals surface area (Å²) >= 11 is 0. The first-order valence-corrected chi connectivity index (χ1v) is 5.98. The number of benzene rings is 1. The van der Waals surface area contributed by atoms with Crippen molar-refractivity contribution in [2.45, 2.75) is 47.5 Å². The maximum absolute atomic E-state index is 11.8. The van der Waals surface area contributed by atoms with E-state index in [9.17, 15) is 4.79 Å². The molecular weight excluding hydrogens is 196 g/mol. The molecule has 0 saturated heterocycles. The van der Waals surface area contributed by atoms with Crippen molar-refractivity contribution in [3.05, 3.63) is 34.4 Å². The van der Waals surface area contributed by atoms with Crippen LogP contribution < -0.4 is 0 Å². The average molecular weight is 218 g/mol. The van der Waals surface area contributed by atoms with Gasteiger partial charge in [0.2, 0.25) is 0 Å². The number of rotatable bonds is 4. The molecule has 1 aromatic rings. The molecule has 0 aliphatic heterocycles. The van der Waals surface area contributed by atoms with Crippen molar-refractivity contribution in [2.75, 3.05) is 0 Å². The number of ketones is 1. The van der Waals surface area contributed by atoms with Crippen LogP contribution in [0.5, 0.6) is 0 Å².